The lowest BCUT2D eigenvalue weighted by atomic mass is 9.97. The maximum atomic E-state index is 5.22. The van der Waals surface area contributed by atoms with E-state index in [9.17, 15) is 0 Å². The number of methoxy groups -OCH3 is 1. The van der Waals surface area contributed by atoms with E-state index in [1.165, 1.54) is 18.5 Å². The highest BCUT2D eigenvalue weighted by molar-refractivity contribution is 5.53. The van der Waals surface area contributed by atoms with Crippen LogP contribution in [0.15, 0.2) is 18.3 Å². The van der Waals surface area contributed by atoms with Gasteiger partial charge in [-0.2, -0.15) is 0 Å². The maximum Gasteiger partial charge on any atom is 0.127 e. The van der Waals surface area contributed by atoms with Crippen molar-refractivity contribution < 1.29 is 4.74 Å². The molecule has 0 atom stereocenters. The van der Waals surface area contributed by atoms with Crippen LogP contribution in [-0.4, -0.2) is 38.8 Å². The highest BCUT2D eigenvalue weighted by Gasteiger charge is 2.19. The summed E-state index contributed by atoms with van der Waals surface area (Å²) in [7, 11) is 3.69. The van der Waals surface area contributed by atoms with Crippen LogP contribution >= 0.6 is 0 Å². The van der Waals surface area contributed by atoms with Crippen molar-refractivity contribution in [1.82, 2.24) is 4.98 Å². The van der Waals surface area contributed by atoms with Gasteiger partial charge in [-0.25, -0.2) is 4.98 Å². The zero-order chi connectivity index (χ0) is 12.1. The number of anilines is 2. The molecule has 4 nitrogen and oxygen atoms in total. The molecule has 4 heteroatoms. The molecule has 1 aromatic heterocycles. The molecule has 1 saturated heterocycles. The number of nitrogens with one attached hydrogen (secondary N) is 1. The average Bonchev–Trinajstić information content (AvgIpc) is 2.40. The molecule has 2 heterocycles. The summed E-state index contributed by atoms with van der Waals surface area (Å²) in [5, 5.41) is 3.08. The minimum Gasteiger partial charge on any atom is -0.384 e. The highest BCUT2D eigenvalue weighted by atomic mass is 16.5. The van der Waals surface area contributed by atoms with Crippen molar-refractivity contribution in [3.8, 4) is 0 Å². The first kappa shape index (κ1) is 12.2. The van der Waals surface area contributed by atoms with Gasteiger partial charge in [0.2, 0.25) is 0 Å². The van der Waals surface area contributed by atoms with Gasteiger partial charge in [-0.05, 0) is 24.8 Å². The van der Waals surface area contributed by atoms with E-state index in [0.29, 0.717) is 0 Å². The first-order valence-electron chi connectivity index (χ1n) is 6.21. The number of pyridine rings is 1. The van der Waals surface area contributed by atoms with Crippen molar-refractivity contribution in [3.05, 3.63) is 18.3 Å². The number of piperidine rings is 1. The van der Waals surface area contributed by atoms with E-state index in [1.807, 2.05) is 13.2 Å². The van der Waals surface area contributed by atoms with Gasteiger partial charge in [0.05, 0.1) is 0 Å². The molecule has 0 spiro atoms. The number of hydrogen-bond acceptors (Lipinski definition) is 4. The summed E-state index contributed by atoms with van der Waals surface area (Å²) in [6.07, 6.45) is 4.29. The van der Waals surface area contributed by atoms with E-state index in [1.54, 1.807) is 7.11 Å². The second-order valence-electron chi connectivity index (χ2n) is 4.54. The Balaban J connectivity index is 1.95. The molecule has 94 valence electrons. The van der Waals surface area contributed by atoms with Crippen LogP contribution in [0.5, 0.6) is 0 Å². The van der Waals surface area contributed by atoms with Crippen molar-refractivity contribution in [3.63, 3.8) is 0 Å². The molecule has 17 heavy (non-hydrogen) atoms. The number of hydrogen-bond donors (Lipinski definition) is 1. The first-order valence-corrected chi connectivity index (χ1v) is 6.21. The SMILES string of the molecule is CNc1cc(N2CCC(COC)CC2)ccn1. The molecule has 2 rings (SSSR count). The van der Waals surface area contributed by atoms with Crippen LogP contribution in [0.25, 0.3) is 0 Å². The number of ether oxygens (including phenoxy) is 1. The van der Waals surface area contributed by atoms with E-state index in [4.69, 9.17) is 4.74 Å². The molecule has 1 aliphatic rings. The number of rotatable bonds is 4. The van der Waals surface area contributed by atoms with Gasteiger partial charge in [0.15, 0.2) is 0 Å². The molecule has 0 saturated carbocycles. The summed E-state index contributed by atoms with van der Waals surface area (Å²) in [5.41, 5.74) is 1.26. The maximum absolute atomic E-state index is 5.22. The fraction of sp³-hybridized carbons (Fsp3) is 0.615. The molecule has 1 aliphatic heterocycles. The third-order valence-electron chi connectivity index (χ3n) is 3.38. The van der Waals surface area contributed by atoms with Crippen LogP contribution in [0.3, 0.4) is 0 Å². The Morgan fingerprint density at radius 3 is 2.88 bits per heavy atom. The Labute approximate surface area is 103 Å². The van der Waals surface area contributed by atoms with Gasteiger partial charge in [0, 0.05) is 51.8 Å². The third kappa shape index (κ3) is 3.09. The van der Waals surface area contributed by atoms with Crippen LogP contribution in [0.4, 0.5) is 11.5 Å². The van der Waals surface area contributed by atoms with E-state index in [0.717, 1.165) is 31.4 Å². The predicted octanol–water partition coefficient (Wildman–Crippen LogP) is 1.99. The zero-order valence-corrected chi connectivity index (χ0v) is 10.6. The summed E-state index contributed by atoms with van der Waals surface area (Å²) in [5.74, 6) is 1.66. The lowest BCUT2D eigenvalue weighted by Gasteiger charge is -2.33. The average molecular weight is 235 g/mol. The van der Waals surface area contributed by atoms with Crippen LogP contribution in [-0.2, 0) is 4.74 Å². The second-order valence-corrected chi connectivity index (χ2v) is 4.54. The molecule has 0 amide bonds. The molecule has 0 bridgehead atoms. The predicted molar refractivity (Wildman–Crippen MR) is 70.6 cm³/mol. The van der Waals surface area contributed by atoms with Gasteiger partial charge >= 0.3 is 0 Å². The molecular weight excluding hydrogens is 214 g/mol. The fourth-order valence-corrected chi connectivity index (χ4v) is 2.35. The quantitative estimate of drug-likeness (QED) is 0.866. The Kier molecular flexibility index (Phi) is 4.20. The topological polar surface area (TPSA) is 37.4 Å². The van der Waals surface area contributed by atoms with Crippen molar-refractivity contribution in [1.29, 1.82) is 0 Å². The summed E-state index contributed by atoms with van der Waals surface area (Å²) in [6.45, 7) is 3.12. The van der Waals surface area contributed by atoms with Crippen LogP contribution in [0, 0.1) is 5.92 Å². The molecule has 0 unspecified atom stereocenters. The van der Waals surface area contributed by atoms with Gasteiger partial charge in [-0.1, -0.05) is 0 Å². The Morgan fingerprint density at radius 2 is 2.24 bits per heavy atom. The summed E-state index contributed by atoms with van der Waals surface area (Å²) in [6, 6.07) is 4.19. The second kappa shape index (κ2) is 5.87. The van der Waals surface area contributed by atoms with E-state index in [2.05, 4.69) is 27.3 Å². The Hall–Kier alpha value is -1.29. The smallest absolute Gasteiger partial charge is 0.127 e. The first-order chi connectivity index (χ1) is 8.33. The monoisotopic (exact) mass is 235 g/mol. The van der Waals surface area contributed by atoms with Crippen molar-refractivity contribution >= 4 is 11.5 Å². The minimum absolute atomic E-state index is 0.724. The van der Waals surface area contributed by atoms with E-state index >= 15 is 0 Å². The van der Waals surface area contributed by atoms with Crippen LogP contribution in [0.2, 0.25) is 0 Å². The van der Waals surface area contributed by atoms with Gasteiger partial charge in [0.25, 0.3) is 0 Å². The van der Waals surface area contributed by atoms with Gasteiger partial charge in [0.1, 0.15) is 5.82 Å². The molecule has 0 aromatic carbocycles. The summed E-state index contributed by atoms with van der Waals surface area (Å²) >= 11 is 0. The lowest BCUT2D eigenvalue weighted by Crippen LogP contribution is -2.35. The van der Waals surface area contributed by atoms with Gasteiger partial charge in [-0.15, -0.1) is 0 Å². The fourth-order valence-electron chi connectivity index (χ4n) is 2.35. The summed E-state index contributed by atoms with van der Waals surface area (Å²) in [4.78, 5) is 6.66. The minimum atomic E-state index is 0.724. The van der Waals surface area contributed by atoms with Crippen LogP contribution < -0.4 is 10.2 Å². The highest BCUT2D eigenvalue weighted by Crippen LogP contribution is 2.24. The van der Waals surface area contributed by atoms with Gasteiger partial charge in [-0.3, -0.25) is 0 Å². The Bertz CT molecular complexity index is 348. The third-order valence-corrected chi connectivity index (χ3v) is 3.38. The normalized spacial score (nSPS) is 17.2. The molecule has 1 fully saturated rings. The standard InChI is InChI=1S/C13H21N3O/c1-14-13-9-12(3-6-15-13)16-7-4-11(5-8-16)10-17-2/h3,6,9,11H,4-5,7-8,10H2,1-2H3,(H,14,15). The van der Waals surface area contributed by atoms with Gasteiger partial charge < -0.3 is 15.0 Å². The summed E-state index contributed by atoms with van der Waals surface area (Å²) < 4.78 is 5.22. The van der Waals surface area contributed by atoms with E-state index < -0.39 is 0 Å². The number of aromatic nitrogens is 1. The van der Waals surface area contributed by atoms with Crippen molar-refractivity contribution in [2.45, 2.75) is 12.8 Å². The lowest BCUT2D eigenvalue weighted by molar-refractivity contribution is 0.139. The largest absolute Gasteiger partial charge is 0.384 e. The molecular formula is C13H21N3O. The molecule has 1 N–H and O–H groups in total. The number of nitrogens with zero attached hydrogens (tertiary/aromatic N) is 2. The van der Waals surface area contributed by atoms with Crippen LogP contribution in [0.1, 0.15) is 12.8 Å². The van der Waals surface area contributed by atoms with Crippen molar-refractivity contribution in [2.24, 2.45) is 5.92 Å². The molecule has 0 radical (unpaired) electrons. The Morgan fingerprint density at radius 1 is 1.47 bits per heavy atom. The molecule has 1 aromatic rings. The molecule has 0 aliphatic carbocycles. The zero-order valence-electron chi connectivity index (χ0n) is 10.6. The van der Waals surface area contributed by atoms with Crippen molar-refractivity contribution in [2.75, 3.05) is 44.1 Å². The van der Waals surface area contributed by atoms with E-state index in [-0.39, 0.29) is 0 Å².